The number of methoxy groups -OCH3 is 1. The van der Waals surface area contributed by atoms with Crippen molar-refractivity contribution in [3.63, 3.8) is 0 Å². The number of carbonyl (C=O) groups excluding carboxylic acids is 1. The molecule has 0 radical (unpaired) electrons. The number of hydrogen-bond donors (Lipinski definition) is 2. The van der Waals surface area contributed by atoms with E-state index in [0.717, 1.165) is 43.0 Å². The van der Waals surface area contributed by atoms with Gasteiger partial charge in [0.15, 0.2) is 0 Å². The Bertz CT molecular complexity index is 1390. The smallest absolute Gasteiger partial charge is 0.258 e. The van der Waals surface area contributed by atoms with Crippen LogP contribution in [0, 0.1) is 6.92 Å². The lowest BCUT2D eigenvalue weighted by Gasteiger charge is -2.25. The number of carbonyl (C=O) groups is 1. The highest BCUT2D eigenvalue weighted by molar-refractivity contribution is 9.10. The zero-order valence-electron chi connectivity index (χ0n) is 18.5. The summed E-state index contributed by atoms with van der Waals surface area (Å²) < 4.78 is 6.49. The molecule has 6 heteroatoms. The molecule has 1 amide bonds. The molecule has 2 N–H and O–H groups in total. The van der Waals surface area contributed by atoms with Gasteiger partial charge in [0, 0.05) is 51.8 Å². The van der Waals surface area contributed by atoms with Crippen molar-refractivity contribution in [2.75, 3.05) is 7.11 Å². The first-order valence-corrected chi connectivity index (χ1v) is 11.6. The van der Waals surface area contributed by atoms with Crippen LogP contribution in [0.25, 0.3) is 21.8 Å². The monoisotopic (exact) mass is 501 g/mol. The van der Waals surface area contributed by atoms with Gasteiger partial charge in [0.25, 0.3) is 5.91 Å². The maximum absolute atomic E-state index is 14.0. The van der Waals surface area contributed by atoms with Gasteiger partial charge < -0.3 is 19.6 Å². The summed E-state index contributed by atoms with van der Waals surface area (Å²) >= 11 is 3.55. The van der Waals surface area contributed by atoms with E-state index in [9.17, 15) is 4.79 Å². The van der Waals surface area contributed by atoms with Crippen LogP contribution in [-0.2, 0) is 13.1 Å². The fraction of sp³-hybridized carbons (Fsp3) is 0.148. The van der Waals surface area contributed by atoms with Gasteiger partial charge in [-0.05, 0) is 60.0 Å². The molecule has 0 fully saturated rings. The Labute approximate surface area is 200 Å². The number of amides is 1. The van der Waals surface area contributed by atoms with Crippen molar-refractivity contribution < 1.29 is 9.53 Å². The van der Waals surface area contributed by atoms with E-state index in [1.807, 2.05) is 60.6 Å². The second kappa shape index (κ2) is 8.79. The zero-order valence-corrected chi connectivity index (χ0v) is 20.1. The van der Waals surface area contributed by atoms with Crippen LogP contribution in [0.4, 0.5) is 0 Å². The minimum Gasteiger partial charge on any atom is -0.496 e. The van der Waals surface area contributed by atoms with Gasteiger partial charge in [-0.2, -0.15) is 0 Å². The van der Waals surface area contributed by atoms with Crippen molar-refractivity contribution in [2.45, 2.75) is 20.0 Å². The predicted molar refractivity (Wildman–Crippen MR) is 136 cm³/mol. The van der Waals surface area contributed by atoms with Crippen molar-refractivity contribution in [1.29, 1.82) is 0 Å². The highest BCUT2D eigenvalue weighted by Gasteiger charge is 2.23. The number of aromatic amines is 2. The van der Waals surface area contributed by atoms with Crippen molar-refractivity contribution in [3.05, 3.63) is 99.8 Å². The summed E-state index contributed by atoms with van der Waals surface area (Å²) in [5.41, 5.74) is 5.76. The van der Waals surface area contributed by atoms with Crippen LogP contribution in [-0.4, -0.2) is 27.9 Å². The molecule has 166 valence electrons. The minimum absolute atomic E-state index is 0.0728. The molecular weight excluding hydrogens is 478 g/mol. The molecular formula is C27H24BrN3O2. The van der Waals surface area contributed by atoms with Gasteiger partial charge in [-0.1, -0.05) is 40.2 Å². The molecule has 5 rings (SSSR count). The van der Waals surface area contributed by atoms with Crippen LogP contribution >= 0.6 is 15.9 Å². The van der Waals surface area contributed by atoms with E-state index in [1.165, 1.54) is 0 Å². The highest BCUT2D eigenvalue weighted by atomic mass is 79.9. The summed E-state index contributed by atoms with van der Waals surface area (Å²) in [6, 6.07) is 20.2. The number of benzene rings is 3. The average molecular weight is 502 g/mol. The number of hydrogen-bond acceptors (Lipinski definition) is 2. The quantitative estimate of drug-likeness (QED) is 0.276. The van der Waals surface area contributed by atoms with E-state index in [0.29, 0.717) is 24.4 Å². The summed E-state index contributed by atoms with van der Waals surface area (Å²) in [5, 5.41) is 2.24. The van der Waals surface area contributed by atoms with Crippen LogP contribution in [0.3, 0.4) is 0 Å². The Balaban J connectivity index is 1.60. The molecule has 5 aromatic rings. The predicted octanol–water partition coefficient (Wildman–Crippen LogP) is 6.57. The van der Waals surface area contributed by atoms with Crippen LogP contribution in [0.15, 0.2) is 77.5 Å². The lowest BCUT2D eigenvalue weighted by Crippen LogP contribution is -2.30. The minimum atomic E-state index is -0.0728. The maximum atomic E-state index is 14.0. The second-order valence-electron chi connectivity index (χ2n) is 8.18. The molecule has 0 unspecified atom stereocenters. The molecule has 0 saturated heterocycles. The molecule has 0 aliphatic heterocycles. The lowest BCUT2D eigenvalue weighted by molar-refractivity contribution is 0.0728. The third-order valence-electron chi connectivity index (χ3n) is 6.05. The molecule has 0 aliphatic carbocycles. The van der Waals surface area contributed by atoms with Gasteiger partial charge in [0.1, 0.15) is 5.75 Å². The van der Waals surface area contributed by atoms with Crippen LogP contribution in [0.2, 0.25) is 0 Å². The van der Waals surface area contributed by atoms with Crippen molar-refractivity contribution in [1.82, 2.24) is 14.9 Å². The normalized spacial score (nSPS) is 11.2. The summed E-state index contributed by atoms with van der Waals surface area (Å²) in [6.45, 7) is 2.90. The number of nitrogens with one attached hydrogen (secondary N) is 2. The third-order valence-corrected chi connectivity index (χ3v) is 6.51. The van der Waals surface area contributed by atoms with E-state index in [1.54, 1.807) is 7.11 Å². The number of aryl methyl sites for hydroxylation is 1. The SMILES string of the molecule is COc1c(C)cc(Br)cc1C(=O)N(Cc1cccc2[nH]ccc12)Cc1cccc2[nH]ccc12. The first-order valence-electron chi connectivity index (χ1n) is 10.8. The van der Waals surface area contributed by atoms with Crippen LogP contribution < -0.4 is 4.74 Å². The van der Waals surface area contributed by atoms with E-state index in [2.05, 4.69) is 50.2 Å². The first kappa shape index (κ1) is 21.3. The molecule has 3 aromatic carbocycles. The topological polar surface area (TPSA) is 61.1 Å². The second-order valence-corrected chi connectivity index (χ2v) is 9.09. The lowest BCUT2D eigenvalue weighted by atomic mass is 10.0. The Hall–Kier alpha value is -3.51. The molecule has 5 nitrogen and oxygen atoms in total. The van der Waals surface area contributed by atoms with Gasteiger partial charge in [-0.25, -0.2) is 0 Å². The number of H-pyrrole nitrogens is 2. The Morgan fingerprint density at radius 1 is 0.909 bits per heavy atom. The summed E-state index contributed by atoms with van der Waals surface area (Å²) in [4.78, 5) is 22.4. The molecule has 33 heavy (non-hydrogen) atoms. The Morgan fingerprint density at radius 2 is 1.48 bits per heavy atom. The molecule has 2 heterocycles. The molecule has 0 aliphatic rings. The standard InChI is InChI=1S/C27H24BrN3O2/c1-17-13-20(28)14-23(26(17)33-2)27(32)31(15-18-5-3-7-24-21(18)9-11-29-24)16-19-6-4-8-25-22(19)10-12-30-25/h3-14,29-30H,15-16H2,1-2H3. The van der Waals surface area contributed by atoms with Gasteiger partial charge in [0.05, 0.1) is 12.7 Å². The van der Waals surface area contributed by atoms with Crippen molar-refractivity contribution in [3.8, 4) is 5.75 Å². The summed E-state index contributed by atoms with van der Waals surface area (Å²) in [7, 11) is 1.61. The molecule has 0 bridgehead atoms. The molecule has 0 saturated carbocycles. The van der Waals surface area contributed by atoms with Crippen LogP contribution in [0.1, 0.15) is 27.0 Å². The molecule has 0 spiro atoms. The van der Waals surface area contributed by atoms with E-state index in [-0.39, 0.29) is 5.91 Å². The number of ether oxygens (including phenoxy) is 1. The Kier molecular flexibility index (Phi) is 5.68. The fourth-order valence-corrected chi connectivity index (χ4v) is 5.09. The van der Waals surface area contributed by atoms with Gasteiger partial charge >= 0.3 is 0 Å². The van der Waals surface area contributed by atoms with Crippen molar-refractivity contribution >= 4 is 43.6 Å². The maximum Gasteiger partial charge on any atom is 0.258 e. The number of aromatic nitrogens is 2. The fourth-order valence-electron chi connectivity index (χ4n) is 4.52. The first-order chi connectivity index (χ1) is 16.0. The van der Waals surface area contributed by atoms with Gasteiger partial charge in [0.2, 0.25) is 0 Å². The number of rotatable bonds is 6. The number of fused-ring (bicyclic) bond motifs is 2. The molecule has 0 atom stereocenters. The van der Waals surface area contributed by atoms with Crippen LogP contribution in [0.5, 0.6) is 5.75 Å². The largest absolute Gasteiger partial charge is 0.496 e. The summed E-state index contributed by atoms with van der Waals surface area (Å²) in [5.74, 6) is 0.532. The van der Waals surface area contributed by atoms with E-state index >= 15 is 0 Å². The Morgan fingerprint density at radius 3 is 2.03 bits per heavy atom. The van der Waals surface area contributed by atoms with Gasteiger partial charge in [-0.15, -0.1) is 0 Å². The van der Waals surface area contributed by atoms with Crippen molar-refractivity contribution in [2.24, 2.45) is 0 Å². The molecule has 2 aromatic heterocycles. The average Bonchev–Trinajstić information content (AvgIpc) is 3.48. The van der Waals surface area contributed by atoms with E-state index < -0.39 is 0 Å². The third kappa shape index (κ3) is 4.02. The zero-order chi connectivity index (χ0) is 22.9. The van der Waals surface area contributed by atoms with E-state index in [4.69, 9.17) is 4.74 Å². The number of halogens is 1. The summed E-state index contributed by atoms with van der Waals surface area (Å²) in [6.07, 6.45) is 3.86. The highest BCUT2D eigenvalue weighted by Crippen LogP contribution is 2.31. The van der Waals surface area contributed by atoms with Gasteiger partial charge in [-0.3, -0.25) is 4.79 Å². The number of nitrogens with zero attached hydrogens (tertiary/aromatic N) is 1.